The van der Waals surface area contributed by atoms with E-state index in [1.54, 1.807) is 0 Å². The molecule has 0 spiro atoms. The highest BCUT2D eigenvalue weighted by molar-refractivity contribution is 5.81. The molecule has 0 bridgehead atoms. The summed E-state index contributed by atoms with van der Waals surface area (Å²) in [7, 11) is 0. The van der Waals surface area contributed by atoms with Crippen molar-refractivity contribution < 1.29 is 9.53 Å². The molecular formula is C21H34N4O2. The molecule has 1 aromatic rings. The summed E-state index contributed by atoms with van der Waals surface area (Å²) in [4.78, 5) is 24.4. The number of hydrogen-bond acceptors (Lipinski definition) is 5. The third-order valence-electron chi connectivity index (χ3n) is 5.35. The number of rotatable bonds is 2. The third kappa shape index (κ3) is 4.60. The van der Waals surface area contributed by atoms with Crippen LogP contribution in [-0.2, 0) is 16.0 Å². The van der Waals surface area contributed by atoms with Crippen LogP contribution in [0, 0.1) is 10.8 Å². The van der Waals surface area contributed by atoms with Gasteiger partial charge in [-0.3, -0.25) is 4.79 Å². The quantitative estimate of drug-likeness (QED) is 0.860. The van der Waals surface area contributed by atoms with Gasteiger partial charge in [0.2, 0.25) is 11.9 Å². The lowest BCUT2D eigenvalue weighted by Crippen LogP contribution is -2.46. The van der Waals surface area contributed by atoms with Gasteiger partial charge in [-0.25, -0.2) is 9.97 Å². The van der Waals surface area contributed by atoms with E-state index in [9.17, 15) is 4.79 Å². The van der Waals surface area contributed by atoms with Crippen molar-refractivity contribution in [2.45, 2.75) is 79.6 Å². The summed E-state index contributed by atoms with van der Waals surface area (Å²) < 4.78 is 5.83. The predicted molar refractivity (Wildman–Crippen MR) is 107 cm³/mol. The van der Waals surface area contributed by atoms with Crippen LogP contribution in [0.25, 0.3) is 0 Å². The molecule has 0 radical (unpaired) electrons. The normalized spacial score (nSPS) is 27.8. The summed E-state index contributed by atoms with van der Waals surface area (Å²) in [6, 6.07) is -0.0351. The average Bonchev–Trinajstić information content (AvgIpc) is 2.51. The van der Waals surface area contributed by atoms with Gasteiger partial charge in [-0.15, -0.1) is 0 Å². The van der Waals surface area contributed by atoms with E-state index in [1.807, 2.05) is 27.0 Å². The Kier molecular flexibility index (Phi) is 5.23. The van der Waals surface area contributed by atoms with Gasteiger partial charge in [0.25, 0.3) is 0 Å². The molecule has 1 amide bonds. The molecule has 0 unspecified atom stereocenters. The molecule has 1 saturated heterocycles. The summed E-state index contributed by atoms with van der Waals surface area (Å²) in [6.45, 7) is 16.1. The predicted octanol–water partition coefficient (Wildman–Crippen LogP) is 3.27. The zero-order valence-corrected chi connectivity index (χ0v) is 17.8. The molecule has 1 aliphatic carbocycles. The van der Waals surface area contributed by atoms with Crippen LogP contribution in [0.2, 0.25) is 0 Å². The van der Waals surface area contributed by atoms with Gasteiger partial charge in [0.05, 0.1) is 23.9 Å². The fourth-order valence-corrected chi connectivity index (χ4v) is 4.03. The van der Waals surface area contributed by atoms with Crippen LogP contribution in [0.3, 0.4) is 0 Å². The molecule has 6 heteroatoms. The SMILES string of the molecule is C[C@@H]1CN(c2ncc3c(n2)CC(C)(C)C[C@H]3NC(=O)C(C)(C)C)C[C@@H](C)O1. The van der Waals surface area contributed by atoms with E-state index < -0.39 is 5.41 Å². The van der Waals surface area contributed by atoms with Crippen LogP contribution in [0.15, 0.2) is 6.20 Å². The molecule has 0 aromatic carbocycles. The minimum absolute atomic E-state index is 0.0351. The molecule has 2 aliphatic rings. The van der Waals surface area contributed by atoms with Crippen LogP contribution in [0.4, 0.5) is 5.95 Å². The van der Waals surface area contributed by atoms with E-state index in [0.29, 0.717) is 0 Å². The lowest BCUT2D eigenvalue weighted by molar-refractivity contribution is -0.129. The number of carbonyl (C=O) groups is 1. The number of aromatic nitrogens is 2. The van der Waals surface area contributed by atoms with Gasteiger partial charge in [0.1, 0.15) is 0 Å². The number of morpholine rings is 1. The summed E-state index contributed by atoms with van der Waals surface area (Å²) in [6.07, 6.45) is 4.06. The molecule has 1 aliphatic heterocycles. The number of anilines is 1. The number of nitrogens with zero attached hydrogens (tertiary/aromatic N) is 3. The van der Waals surface area contributed by atoms with Crippen molar-refractivity contribution in [1.82, 2.24) is 15.3 Å². The molecule has 3 rings (SSSR count). The lowest BCUT2D eigenvalue weighted by atomic mass is 9.74. The molecule has 1 aromatic heterocycles. The summed E-state index contributed by atoms with van der Waals surface area (Å²) in [5.41, 5.74) is 1.79. The van der Waals surface area contributed by atoms with E-state index in [-0.39, 0.29) is 29.6 Å². The van der Waals surface area contributed by atoms with Crippen molar-refractivity contribution >= 4 is 11.9 Å². The van der Waals surface area contributed by atoms with Crippen LogP contribution in [-0.4, -0.2) is 41.2 Å². The van der Waals surface area contributed by atoms with Crippen LogP contribution < -0.4 is 10.2 Å². The number of nitrogens with one attached hydrogen (secondary N) is 1. The number of hydrogen-bond donors (Lipinski definition) is 1. The maximum absolute atomic E-state index is 12.6. The Hall–Kier alpha value is -1.69. The van der Waals surface area contributed by atoms with Gasteiger partial charge in [-0.05, 0) is 32.1 Å². The first-order chi connectivity index (χ1) is 12.4. The summed E-state index contributed by atoms with van der Waals surface area (Å²) in [5, 5.41) is 3.23. The minimum atomic E-state index is -0.414. The zero-order valence-electron chi connectivity index (χ0n) is 17.8. The molecule has 2 heterocycles. The zero-order chi connectivity index (χ0) is 20.0. The first-order valence-electron chi connectivity index (χ1n) is 10.0. The third-order valence-corrected chi connectivity index (χ3v) is 5.35. The monoisotopic (exact) mass is 374 g/mol. The van der Waals surface area contributed by atoms with Crippen molar-refractivity contribution in [3.63, 3.8) is 0 Å². The van der Waals surface area contributed by atoms with Gasteiger partial charge >= 0.3 is 0 Å². The second-order valence-electron chi connectivity index (χ2n) is 10.1. The average molecular weight is 375 g/mol. The Morgan fingerprint density at radius 1 is 1.26 bits per heavy atom. The molecule has 1 N–H and O–H groups in total. The second-order valence-corrected chi connectivity index (χ2v) is 10.1. The van der Waals surface area contributed by atoms with Gasteiger partial charge in [-0.2, -0.15) is 0 Å². The molecular weight excluding hydrogens is 340 g/mol. The van der Waals surface area contributed by atoms with E-state index in [2.05, 4.69) is 42.9 Å². The van der Waals surface area contributed by atoms with Crippen LogP contribution in [0.1, 0.15) is 72.2 Å². The number of carbonyl (C=O) groups excluding carboxylic acids is 1. The molecule has 1 fully saturated rings. The Morgan fingerprint density at radius 3 is 2.48 bits per heavy atom. The highest BCUT2D eigenvalue weighted by Crippen LogP contribution is 2.40. The van der Waals surface area contributed by atoms with Crippen molar-refractivity contribution in [1.29, 1.82) is 0 Å². The number of fused-ring (bicyclic) bond motifs is 1. The Morgan fingerprint density at radius 2 is 1.89 bits per heavy atom. The Bertz CT molecular complexity index is 701. The van der Waals surface area contributed by atoms with Gasteiger partial charge < -0.3 is 15.0 Å². The fraction of sp³-hybridized carbons (Fsp3) is 0.762. The Balaban J connectivity index is 1.88. The second kappa shape index (κ2) is 7.04. The van der Waals surface area contributed by atoms with E-state index in [0.717, 1.165) is 43.1 Å². The minimum Gasteiger partial charge on any atom is -0.372 e. The number of ether oxygens (including phenoxy) is 1. The van der Waals surface area contributed by atoms with Gasteiger partial charge in [0.15, 0.2) is 0 Å². The van der Waals surface area contributed by atoms with Crippen molar-refractivity contribution in [3.05, 3.63) is 17.5 Å². The molecule has 6 nitrogen and oxygen atoms in total. The molecule has 3 atom stereocenters. The molecule has 150 valence electrons. The molecule has 27 heavy (non-hydrogen) atoms. The van der Waals surface area contributed by atoms with E-state index >= 15 is 0 Å². The van der Waals surface area contributed by atoms with Gasteiger partial charge in [0, 0.05) is 30.3 Å². The standard InChI is InChI=1S/C21H34N4O2/c1-13-11-25(12-14(2)27-13)19-22-10-15-16(23-18(26)20(3,4)5)8-21(6,7)9-17(15)24-19/h10,13-14,16H,8-9,11-12H2,1-7H3,(H,23,26)/t13-,14-,16-/m1/s1. The lowest BCUT2D eigenvalue weighted by Gasteiger charge is -2.39. The van der Waals surface area contributed by atoms with Crippen molar-refractivity contribution in [2.75, 3.05) is 18.0 Å². The largest absolute Gasteiger partial charge is 0.372 e. The highest BCUT2D eigenvalue weighted by atomic mass is 16.5. The highest BCUT2D eigenvalue weighted by Gasteiger charge is 2.36. The fourth-order valence-electron chi connectivity index (χ4n) is 4.03. The van der Waals surface area contributed by atoms with Crippen LogP contribution in [0.5, 0.6) is 0 Å². The summed E-state index contributed by atoms with van der Waals surface area (Å²) in [5.74, 6) is 0.838. The smallest absolute Gasteiger partial charge is 0.225 e. The molecule has 0 saturated carbocycles. The summed E-state index contributed by atoms with van der Waals surface area (Å²) >= 11 is 0. The first-order valence-corrected chi connectivity index (χ1v) is 10.0. The maximum atomic E-state index is 12.6. The topological polar surface area (TPSA) is 67.4 Å². The van der Waals surface area contributed by atoms with E-state index in [1.165, 1.54) is 0 Å². The van der Waals surface area contributed by atoms with Crippen molar-refractivity contribution in [3.8, 4) is 0 Å². The van der Waals surface area contributed by atoms with Crippen molar-refractivity contribution in [2.24, 2.45) is 10.8 Å². The Labute approximate surface area is 163 Å². The number of amides is 1. The first kappa shape index (κ1) is 20.1. The van der Waals surface area contributed by atoms with Crippen LogP contribution >= 0.6 is 0 Å². The maximum Gasteiger partial charge on any atom is 0.225 e. The van der Waals surface area contributed by atoms with Gasteiger partial charge in [-0.1, -0.05) is 34.6 Å². The van der Waals surface area contributed by atoms with E-state index in [4.69, 9.17) is 9.72 Å².